The summed E-state index contributed by atoms with van der Waals surface area (Å²) in [5, 5.41) is 0.379. The molecule has 3 fully saturated rings. The molecule has 0 radical (unpaired) electrons. The highest BCUT2D eigenvalue weighted by Gasteiger charge is 2.57. The maximum absolute atomic E-state index is 6.09. The van der Waals surface area contributed by atoms with Crippen molar-refractivity contribution in [3.05, 3.63) is 0 Å². The minimum atomic E-state index is -0.554. The van der Waals surface area contributed by atoms with Crippen LogP contribution in [0, 0.1) is 17.8 Å². The van der Waals surface area contributed by atoms with Crippen molar-refractivity contribution in [2.24, 2.45) is 17.8 Å². The Kier molecular flexibility index (Phi) is 4.05. The van der Waals surface area contributed by atoms with Gasteiger partial charge in [0.25, 0.3) is 0 Å². The summed E-state index contributed by atoms with van der Waals surface area (Å²) >= 11 is 0. The van der Waals surface area contributed by atoms with Gasteiger partial charge in [-0.05, 0) is 6.42 Å². The summed E-state index contributed by atoms with van der Waals surface area (Å²) in [7, 11) is -0.554. The van der Waals surface area contributed by atoms with Gasteiger partial charge in [0, 0.05) is 29.4 Å². The minimum absolute atomic E-state index is 0.379. The van der Waals surface area contributed by atoms with Crippen LogP contribution in [0.4, 0.5) is 0 Å². The second-order valence-corrected chi connectivity index (χ2v) is 7.79. The highest BCUT2D eigenvalue weighted by Crippen LogP contribution is 2.56. The van der Waals surface area contributed by atoms with Crippen LogP contribution in [-0.2, 0) is 18.6 Å². The summed E-state index contributed by atoms with van der Waals surface area (Å²) in [6.07, 6.45) is 1.12. The quantitative estimate of drug-likeness (QED) is 0.502. The third-order valence-electron chi connectivity index (χ3n) is 4.89. The normalized spacial score (nSPS) is 27.2. The molecule has 18 heavy (non-hydrogen) atoms. The van der Waals surface area contributed by atoms with Crippen LogP contribution in [0.15, 0.2) is 0 Å². The van der Waals surface area contributed by atoms with Gasteiger partial charge in [0.1, 0.15) is 0 Å². The average molecular weight is 272 g/mol. The Labute approximate surface area is 111 Å². The van der Waals surface area contributed by atoms with Gasteiger partial charge in [-0.1, -0.05) is 6.92 Å². The first-order chi connectivity index (χ1) is 8.88. The molecule has 0 bridgehead atoms. The first kappa shape index (κ1) is 13.1. The Hall–Kier alpha value is 0.0569. The molecule has 0 aromatic rings. The Morgan fingerprint density at radius 3 is 1.67 bits per heavy atom. The van der Waals surface area contributed by atoms with E-state index in [0.29, 0.717) is 22.8 Å². The molecule has 3 rings (SSSR count). The predicted octanol–water partition coefficient (Wildman–Crippen LogP) is 0.595. The molecule has 0 aliphatic carbocycles. The first-order valence-corrected chi connectivity index (χ1v) is 8.47. The lowest BCUT2D eigenvalue weighted by molar-refractivity contribution is -0.177. The summed E-state index contributed by atoms with van der Waals surface area (Å²) in [5.74, 6) is 2.09. The van der Waals surface area contributed by atoms with Gasteiger partial charge in [-0.25, -0.2) is 0 Å². The van der Waals surface area contributed by atoms with Crippen LogP contribution in [0.5, 0.6) is 0 Å². The molecule has 3 aliphatic rings. The Balaban J connectivity index is 1.73. The molecular formula is C13H24O4Si. The van der Waals surface area contributed by atoms with Gasteiger partial charge in [0.05, 0.1) is 39.6 Å². The molecule has 0 aromatic heterocycles. The van der Waals surface area contributed by atoms with Crippen molar-refractivity contribution < 1.29 is 18.6 Å². The van der Waals surface area contributed by atoms with E-state index in [9.17, 15) is 0 Å². The monoisotopic (exact) mass is 272 g/mol. The van der Waals surface area contributed by atoms with Crippen LogP contribution < -0.4 is 0 Å². The summed E-state index contributed by atoms with van der Waals surface area (Å²) in [6, 6.07) is 0. The molecule has 0 amide bonds. The van der Waals surface area contributed by atoms with Crippen molar-refractivity contribution in [2.45, 2.75) is 18.4 Å². The van der Waals surface area contributed by atoms with E-state index in [0.717, 1.165) is 52.7 Å². The average Bonchev–Trinajstić information content (AvgIpc) is 2.08. The van der Waals surface area contributed by atoms with Crippen molar-refractivity contribution in [1.29, 1.82) is 0 Å². The Morgan fingerprint density at radius 1 is 0.944 bits per heavy atom. The van der Waals surface area contributed by atoms with Crippen LogP contribution in [0.1, 0.15) is 13.3 Å². The van der Waals surface area contributed by atoms with Gasteiger partial charge >= 0.3 is 0 Å². The summed E-state index contributed by atoms with van der Waals surface area (Å²) in [5.41, 5.74) is 0. The standard InChI is InChI=1S/C13H24O4Si/c1-2-3-17-18-13(10-4-14-5-10,11-6-15-7-11)12-8-16-9-12/h10-12H,2-9,18H2,1H3. The van der Waals surface area contributed by atoms with Crippen LogP contribution >= 0.6 is 0 Å². The zero-order valence-corrected chi connectivity index (χ0v) is 12.6. The molecule has 0 atom stereocenters. The van der Waals surface area contributed by atoms with Gasteiger partial charge < -0.3 is 18.6 Å². The van der Waals surface area contributed by atoms with Crippen LogP contribution in [0.2, 0.25) is 5.04 Å². The van der Waals surface area contributed by atoms with E-state index >= 15 is 0 Å². The van der Waals surface area contributed by atoms with Crippen LogP contribution in [-0.4, -0.2) is 56.0 Å². The predicted molar refractivity (Wildman–Crippen MR) is 70.4 cm³/mol. The topological polar surface area (TPSA) is 36.9 Å². The molecule has 5 heteroatoms. The van der Waals surface area contributed by atoms with E-state index in [-0.39, 0.29) is 0 Å². The smallest absolute Gasteiger partial charge is 0.168 e. The number of rotatable bonds is 7. The molecular weight excluding hydrogens is 248 g/mol. The minimum Gasteiger partial charge on any atom is -0.423 e. The molecule has 0 saturated carbocycles. The Morgan fingerprint density at radius 2 is 1.39 bits per heavy atom. The fraction of sp³-hybridized carbons (Fsp3) is 1.00. The van der Waals surface area contributed by atoms with Crippen LogP contribution in [0.3, 0.4) is 0 Å². The molecule has 0 spiro atoms. The number of ether oxygens (including phenoxy) is 3. The first-order valence-electron chi connectivity index (χ1n) is 7.19. The van der Waals surface area contributed by atoms with Crippen molar-refractivity contribution in [3.8, 4) is 0 Å². The lowest BCUT2D eigenvalue weighted by Gasteiger charge is -2.57. The summed E-state index contributed by atoms with van der Waals surface area (Å²) in [4.78, 5) is 0. The zero-order chi connectivity index (χ0) is 12.4. The lowest BCUT2D eigenvalue weighted by Crippen LogP contribution is -2.59. The fourth-order valence-electron chi connectivity index (χ4n) is 3.38. The molecule has 3 aliphatic heterocycles. The number of hydrogen-bond donors (Lipinski definition) is 0. The van der Waals surface area contributed by atoms with Gasteiger partial charge in [-0.2, -0.15) is 0 Å². The number of hydrogen-bond acceptors (Lipinski definition) is 4. The highest BCUT2D eigenvalue weighted by molar-refractivity contribution is 6.33. The van der Waals surface area contributed by atoms with Gasteiger partial charge in [0.2, 0.25) is 0 Å². The molecule has 0 unspecified atom stereocenters. The van der Waals surface area contributed by atoms with E-state index in [4.69, 9.17) is 18.6 Å². The summed E-state index contributed by atoms with van der Waals surface area (Å²) < 4.78 is 22.5. The van der Waals surface area contributed by atoms with E-state index in [1.54, 1.807) is 0 Å². The largest absolute Gasteiger partial charge is 0.423 e. The van der Waals surface area contributed by atoms with Crippen molar-refractivity contribution in [2.75, 3.05) is 46.2 Å². The second kappa shape index (κ2) is 5.59. The fourth-order valence-corrected chi connectivity index (χ4v) is 5.59. The van der Waals surface area contributed by atoms with Crippen LogP contribution in [0.25, 0.3) is 0 Å². The van der Waals surface area contributed by atoms with E-state index in [1.807, 2.05) is 0 Å². The summed E-state index contributed by atoms with van der Waals surface area (Å²) in [6.45, 7) is 8.66. The van der Waals surface area contributed by atoms with Crippen molar-refractivity contribution >= 4 is 9.76 Å². The van der Waals surface area contributed by atoms with Crippen molar-refractivity contribution in [3.63, 3.8) is 0 Å². The van der Waals surface area contributed by atoms with E-state index in [2.05, 4.69) is 6.92 Å². The third kappa shape index (κ3) is 2.06. The van der Waals surface area contributed by atoms with Gasteiger partial charge in [-0.15, -0.1) is 0 Å². The molecule has 104 valence electrons. The molecule has 3 saturated heterocycles. The van der Waals surface area contributed by atoms with Gasteiger partial charge in [-0.3, -0.25) is 0 Å². The Bertz CT molecular complexity index is 238. The van der Waals surface area contributed by atoms with E-state index < -0.39 is 9.76 Å². The maximum atomic E-state index is 6.09. The highest BCUT2D eigenvalue weighted by atomic mass is 28.2. The van der Waals surface area contributed by atoms with Crippen molar-refractivity contribution in [1.82, 2.24) is 0 Å². The molecule has 4 nitrogen and oxygen atoms in total. The van der Waals surface area contributed by atoms with E-state index in [1.165, 1.54) is 0 Å². The van der Waals surface area contributed by atoms with Gasteiger partial charge in [0.15, 0.2) is 9.76 Å². The zero-order valence-electron chi connectivity index (χ0n) is 11.2. The lowest BCUT2D eigenvalue weighted by atomic mass is 9.69. The SMILES string of the molecule is CCCO[SiH2]C(C1COC1)(C1COC1)C1COC1. The molecule has 3 heterocycles. The molecule has 0 aromatic carbocycles. The second-order valence-electron chi connectivity index (χ2n) is 5.87. The maximum Gasteiger partial charge on any atom is 0.168 e. The molecule has 0 N–H and O–H groups in total. The third-order valence-corrected chi connectivity index (χ3v) is 7.62.